The van der Waals surface area contributed by atoms with E-state index in [1.54, 1.807) is 0 Å². The quantitative estimate of drug-likeness (QED) is 0.823. The lowest BCUT2D eigenvalue weighted by atomic mass is 10.1. The first kappa shape index (κ1) is 16.8. The maximum Gasteiger partial charge on any atom is 0.540 e. The summed E-state index contributed by atoms with van der Waals surface area (Å²) in [5.41, 5.74) is -0.916. The van der Waals surface area contributed by atoms with Gasteiger partial charge in [0.2, 0.25) is 0 Å². The second-order valence-electron chi connectivity index (χ2n) is 5.37. The minimum absolute atomic E-state index is 0.0179. The predicted octanol–water partition coefficient (Wildman–Crippen LogP) is 3.00. The van der Waals surface area contributed by atoms with Crippen molar-refractivity contribution in [3.8, 4) is 5.75 Å². The highest BCUT2D eigenvalue weighted by Gasteiger charge is 2.54. The number of hydrogen-bond acceptors (Lipinski definition) is 4. The third kappa shape index (κ3) is 3.70. The molecule has 0 radical (unpaired) electrons. The maximum atomic E-state index is 13.6. The summed E-state index contributed by atoms with van der Waals surface area (Å²) in [7, 11) is 0. The fourth-order valence-electron chi connectivity index (χ4n) is 2.46. The van der Waals surface area contributed by atoms with Gasteiger partial charge in [-0.2, -0.15) is 8.78 Å². The molecule has 2 heterocycles. The lowest BCUT2D eigenvalue weighted by molar-refractivity contribution is -0.461. The molecule has 10 heteroatoms. The standard InChI is InChI=1S/C14H14F4N2O4/c15-13(16)10-6-8(3-4-11(10)23-14(17,18)24-13)20-12(21)19-7-9-2-1-5-22-9/h3-4,6,9H,1-2,5,7H2,(H2,19,20,21). The molecule has 3 rings (SSSR count). The average Bonchev–Trinajstić information content (AvgIpc) is 2.97. The molecule has 0 saturated carbocycles. The van der Waals surface area contributed by atoms with Gasteiger partial charge < -0.3 is 20.1 Å². The second-order valence-corrected chi connectivity index (χ2v) is 5.37. The molecule has 2 aliphatic heterocycles. The predicted molar refractivity (Wildman–Crippen MR) is 73.0 cm³/mol. The summed E-state index contributed by atoms with van der Waals surface area (Å²) in [6.45, 7) is 0.921. The van der Waals surface area contributed by atoms with E-state index in [0.717, 1.165) is 25.0 Å². The zero-order valence-electron chi connectivity index (χ0n) is 12.3. The molecule has 1 aromatic carbocycles. The lowest BCUT2D eigenvalue weighted by Gasteiger charge is -2.30. The van der Waals surface area contributed by atoms with E-state index in [2.05, 4.69) is 20.1 Å². The van der Waals surface area contributed by atoms with E-state index < -0.39 is 29.7 Å². The van der Waals surface area contributed by atoms with Crippen LogP contribution in [0, 0.1) is 0 Å². The van der Waals surface area contributed by atoms with Crippen LogP contribution in [-0.4, -0.2) is 31.6 Å². The van der Waals surface area contributed by atoms with Gasteiger partial charge in [-0.3, -0.25) is 0 Å². The average molecular weight is 350 g/mol. The van der Waals surface area contributed by atoms with Crippen LogP contribution in [-0.2, 0) is 15.6 Å². The summed E-state index contributed by atoms with van der Waals surface area (Å²) in [6.07, 6.45) is -7.01. The van der Waals surface area contributed by atoms with Crippen molar-refractivity contribution in [2.45, 2.75) is 31.3 Å². The summed E-state index contributed by atoms with van der Waals surface area (Å²) < 4.78 is 65.8. The number of fused-ring (bicyclic) bond motifs is 1. The van der Waals surface area contributed by atoms with Crippen LogP contribution in [0.2, 0.25) is 0 Å². The van der Waals surface area contributed by atoms with Crippen LogP contribution in [0.4, 0.5) is 28.0 Å². The van der Waals surface area contributed by atoms with Crippen molar-refractivity contribution in [3.63, 3.8) is 0 Å². The number of amides is 2. The zero-order valence-corrected chi connectivity index (χ0v) is 12.3. The molecule has 0 aromatic heterocycles. The van der Waals surface area contributed by atoms with Crippen LogP contribution >= 0.6 is 0 Å². The van der Waals surface area contributed by atoms with Crippen LogP contribution in [0.15, 0.2) is 18.2 Å². The molecule has 132 valence electrons. The first-order valence-electron chi connectivity index (χ1n) is 7.21. The van der Waals surface area contributed by atoms with Gasteiger partial charge in [0.25, 0.3) is 0 Å². The largest absolute Gasteiger partial charge is 0.540 e. The number of carbonyl (C=O) groups is 1. The van der Waals surface area contributed by atoms with Crippen LogP contribution in [0.3, 0.4) is 0 Å². The monoisotopic (exact) mass is 350 g/mol. The Labute approximate surface area is 134 Å². The smallest absolute Gasteiger partial charge is 0.409 e. The van der Waals surface area contributed by atoms with Gasteiger partial charge in [-0.25, -0.2) is 9.53 Å². The second kappa shape index (κ2) is 6.10. The minimum Gasteiger partial charge on any atom is -0.409 e. The number of hydrogen-bond donors (Lipinski definition) is 2. The fourth-order valence-corrected chi connectivity index (χ4v) is 2.46. The highest BCUT2D eigenvalue weighted by Crippen LogP contribution is 2.46. The number of alkyl halides is 4. The number of benzene rings is 1. The van der Waals surface area contributed by atoms with E-state index in [0.29, 0.717) is 6.61 Å². The van der Waals surface area contributed by atoms with Gasteiger partial charge >= 0.3 is 18.4 Å². The van der Waals surface area contributed by atoms with Gasteiger partial charge in [-0.15, -0.1) is 8.78 Å². The first-order valence-corrected chi connectivity index (χ1v) is 7.21. The van der Waals surface area contributed by atoms with Crippen molar-refractivity contribution >= 4 is 11.7 Å². The third-order valence-corrected chi connectivity index (χ3v) is 3.54. The molecular formula is C14H14F4N2O4. The van der Waals surface area contributed by atoms with Crippen molar-refractivity contribution in [1.29, 1.82) is 0 Å². The molecule has 2 amide bonds. The van der Waals surface area contributed by atoms with Crippen molar-refractivity contribution in [2.24, 2.45) is 0 Å². The van der Waals surface area contributed by atoms with Gasteiger partial charge in [-0.05, 0) is 31.0 Å². The van der Waals surface area contributed by atoms with Crippen molar-refractivity contribution in [3.05, 3.63) is 23.8 Å². The lowest BCUT2D eigenvalue weighted by Crippen LogP contribution is -2.41. The molecule has 1 unspecified atom stereocenters. The molecular weight excluding hydrogens is 336 g/mol. The highest BCUT2D eigenvalue weighted by atomic mass is 19.3. The van der Waals surface area contributed by atoms with E-state index in [-0.39, 0.29) is 18.3 Å². The van der Waals surface area contributed by atoms with Crippen LogP contribution in [0.25, 0.3) is 0 Å². The van der Waals surface area contributed by atoms with E-state index in [4.69, 9.17) is 4.74 Å². The topological polar surface area (TPSA) is 68.8 Å². The number of halogens is 4. The number of anilines is 1. The number of ether oxygens (including phenoxy) is 3. The molecule has 2 aliphatic rings. The summed E-state index contributed by atoms with van der Waals surface area (Å²) in [4.78, 5) is 11.8. The zero-order chi connectivity index (χ0) is 17.4. The molecule has 1 fully saturated rings. The summed E-state index contributed by atoms with van der Waals surface area (Å²) in [5, 5.41) is 4.88. The van der Waals surface area contributed by atoms with Crippen LogP contribution < -0.4 is 15.4 Å². The first-order chi connectivity index (χ1) is 11.3. The Balaban J connectivity index is 1.66. The molecule has 1 atom stereocenters. The highest BCUT2D eigenvalue weighted by molar-refractivity contribution is 5.89. The SMILES string of the molecule is O=C(NCC1CCCO1)Nc1ccc2c(c1)C(F)(F)OC(F)(F)O2. The van der Waals surface area contributed by atoms with Crippen molar-refractivity contribution < 1.29 is 36.6 Å². The Morgan fingerprint density at radius 1 is 1.29 bits per heavy atom. The number of urea groups is 1. The van der Waals surface area contributed by atoms with Gasteiger partial charge in [0.05, 0.1) is 11.7 Å². The number of rotatable bonds is 3. The normalized spacial score (nSPS) is 23.9. The molecule has 0 aliphatic carbocycles. The fraction of sp³-hybridized carbons (Fsp3) is 0.500. The molecule has 6 nitrogen and oxygen atoms in total. The van der Waals surface area contributed by atoms with Gasteiger partial charge in [0, 0.05) is 18.8 Å². The number of nitrogens with one attached hydrogen (secondary N) is 2. The van der Waals surface area contributed by atoms with E-state index in [1.165, 1.54) is 6.07 Å². The number of carbonyl (C=O) groups excluding carboxylic acids is 1. The van der Waals surface area contributed by atoms with Gasteiger partial charge in [0.15, 0.2) is 0 Å². The summed E-state index contributed by atoms with van der Waals surface area (Å²) in [5.74, 6) is -0.721. The Bertz CT molecular complexity index is 635. The van der Waals surface area contributed by atoms with E-state index in [9.17, 15) is 22.4 Å². The molecule has 1 aromatic rings. The Morgan fingerprint density at radius 3 is 2.79 bits per heavy atom. The molecule has 1 saturated heterocycles. The van der Waals surface area contributed by atoms with Crippen molar-refractivity contribution in [2.75, 3.05) is 18.5 Å². The summed E-state index contributed by atoms with van der Waals surface area (Å²) in [6, 6.07) is 2.27. The maximum absolute atomic E-state index is 13.6. The third-order valence-electron chi connectivity index (χ3n) is 3.54. The van der Waals surface area contributed by atoms with Crippen LogP contribution in [0.1, 0.15) is 18.4 Å². The Hall–Kier alpha value is -2.07. The molecule has 24 heavy (non-hydrogen) atoms. The molecule has 0 bridgehead atoms. The van der Waals surface area contributed by atoms with Crippen LogP contribution in [0.5, 0.6) is 5.75 Å². The van der Waals surface area contributed by atoms with E-state index >= 15 is 0 Å². The molecule has 0 spiro atoms. The Kier molecular flexibility index (Phi) is 4.26. The van der Waals surface area contributed by atoms with E-state index in [1.807, 2.05) is 0 Å². The molecule has 2 N–H and O–H groups in total. The minimum atomic E-state index is -4.43. The van der Waals surface area contributed by atoms with Gasteiger partial charge in [0.1, 0.15) is 5.75 Å². The van der Waals surface area contributed by atoms with Crippen molar-refractivity contribution in [1.82, 2.24) is 5.32 Å². The Morgan fingerprint density at radius 2 is 2.08 bits per heavy atom. The van der Waals surface area contributed by atoms with Gasteiger partial charge in [-0.1, -0.05) is 0 Å². The summed E-state index contributed by atoms with van der Waals surface area (Å²) >= 11 is 0.